The number of nitrogens with one attached hydrogen (secondary N) is 1. The van der Waals surface area contributed by atoms with Crippen LogP contribution in [0.15, 0.2) is 47.0 Å². The third kappa shape index (κ3) is 5.94. The van der Waals surface area contributed by atoms with Gasteiger partial charge in [-0.25, -0.2) is 4.79 Å². The van der Waals surface area contributed by atoms with Crippen LogP contribution in [-0.4, -0.2) is 46.6 Å². The van der Waals surface area contributed by atoms with Crippen LogP contribution in [0.4, 0.5) is 5.69 Å². The highest BCUT2D eigenvalue weighted by Gasteiger charge is 2.26. The van der Waals surface area contributed by atoms with Crippen LogP contribution in [0.25, 0.3) is 11.4 Å². The molecule has 1 aliphatic heterocycles. The van der Waals surface area contributed by atoms with Crippen molar-refractivity contribution < 1.29 is 18.8 Å². The maximum Gasteiger partial charge on any atom is 0.339 e. The molecule has 4 rings (SSSR count). The van der Waals surface area contributed by atoms with Crippen molar-refractivity contribution in [1.29, 1.82) is 0 Å². The summed E-state index contributed by atoms with van der Waals surface area (Å²) in [6.07, 6.45) is 1.39. The molecule has 0 radical (unpaired) electrons. The molecule has 1 amide bonds. The van der Waals surface area contributed by atoms with E-state index in [1.165, 1.54) is 0 Å². The van der Waals surface area contributed by atoms with E-state index in [4.69, 9.17) is 32.5 Å². The molecular weight excluding hydrogens is 479 g/mol. The van der Waals surface area contributed by atoms with E-state index in [0.717, 1.165) is 18.7 Å². The number of amides is 1. The Hall–Kier alpha value is -2.94. The lowest BCUT2D eigenvalue weighted by Crippen LogP contribution is -2.37. The van der Waals surface area contributed by atoms with E-state index < -0.39 is 5.97 Å². The van der Waals surface area contributed by atoms with Gasteiger partial charge < -0.3 is 14.6 Å². The van der Waals surface area contributed by atoms with Gasteiger partial charge in [0, 0.05) is 22.2 Å². The number of benzene rings is 2. The molecule has 1 aliphatic rings. The second kappa shape index (κ2) is 11.0. The fourth-order valence-corrected chi connectivity index (χ4v) is 4.21. The van der Waals surface area contributed by atoms with Gasteiger partial charge in [0.15, 0.2) is 0 Å². The number of hydrogen-bond acceptors (Lipinski definition) is 7. The van der Waals surface area contributed by atoms with Crippen molar-refractivity contribution >= 4 is 40.8 Å². The van der Waals surface area contributed by atoms with E-state index in [1.807, 2.05) is 12.1 Å². The number of rotatable bonds is 7. The lowest BCUT2D eigenvalue weighted by molar-refractivity contribution is -0.121. The molecule has 0 aliphatic carbocycles. The number of hydrogen-bond donors (Lipinski definition) is 1. The van der Waals surface area contributed by atoms with Crippen LogP contribution < -0.4 is 5.32 Å². The zero-order valence-corrected chi connectivity index (χ0v) is 20.1. The highest BCUT2D eigenvalue weighted by molar-refractivity contribution is 6.33. The number of carbonyl (C=O) groups is 2. The van der Waals surface area contributed by atoms with Gasteiger partial charge >= 0.3 is 5.97 Å². The zero-order chi connectivity index (χ0) is 24.1. The van der Waals surface area contributed by atoms with Gasteiger partial charge in [0.25, 0.3) is 0 Å². The number of ether oxygens (including phenoxy) is 1. The van der Waals surface area contributed by atoms with Gasteiger partial charge in [-0.2, -0.15) is 4.98 Å². The fraction of sp³-hybridized carbons (Fsp3) is 0.333. The largest absolute Gasteiger partial charge is 0.462 e. The summed E-state index contributed by atoms with van der Waals surface area (Å²) in [4.78, 5) is 31.5. The molecule has 34 heavy (non-hydrogen) atoms. The van der Waals surface area contributed by atoms with Crippen LogP contribution in [0.3, 0.4) is 0 Å². The summed E-state index contributed by atoms with van der Waals surface area (Å²) >= 11 is 12.1. The van der Waals surface area contributed by atoms with Gasteiger partial charge in [0.05, 0.1) is 23.7 Å². The normalized spacial score (nSPS) is 14.7. The number of esters is 1. The molecule has 1 N–H and O–H groups in total. The molecular formula is C24H24Cl2N4O4. The molecule has 8 nitrogen and oxygen atoms in total. The molecule has 0 bridgehead atoms. The number of halogens is 2. The SMILES string of the molecule is CCOC(=O)c1cc(NC(=O)C2CCN(Cc3nc(-c4cccc(Cl)c4)no3)CC2)ccc1Cl. The molecule has 0 saturated carbocycles. The zero-order valence-electron chi connectivity index (χ0n) is 18.6. The Morgan fingerprint density at radius 3 is 2.71 bits per heavy atom. The number of piperidine rings is 1. The first-order chi connectivity index (χ1) is 16.4. The second-order valence-corrected chi connectivity index (χ2v) is 8.82. The maximum absolute atomic E-state index is 12.8. The van der Waals surface area contributed by atoms with Crippen LogP contribution in [0, 0.1) is 5.92 Å². The average molecular weight is 503 g/mol. The monoisotopic (exact) mass is 502 g/mol. The second-order valence-electron chi connectivity index (χ2n) is 7.98. The molecule has 0 atom stereocenters. The minimum Gasteiger partial charge on any atom is -0.462 e. The Bertz CT molecular complexity index is 1180. The Labute approximate surface area is 207 Å². The Morgan fingerprint density at radius 2 is 1.97 bits per heavy atom. The molecule has 1 aromatic heterocycles. The summed E-state index contributed by atoms with van der Waals surface area (Å²) in [6.45, 7) is 3.93. The van der Waals surface area contributed by atoms with Gasteiger partial charge in [-0.15, -0.1) is 0 Å². The van der Waals surface area contributed by atoms with Crippen molar-refractivity contribution in [2.24, 2.45) is 5.92 Å². The molecule has 178 valence electrons. The molecule has 1 fully saturated rings. The molecule has 0 spiro atoms. The first-order valence-corrected chi connectivity index (χ1v) is 11.8. The number of anilines is 1. The average Bonchev–Trinajstić information content (AvgIpc) is 3.29. The topological polar surface area (TPSA) is 97.6 Å². The van der Waals surface area contributed by atoms with E-state index in [1.54, 1.807) is 37.3 Å². The van der Waals surface area contributed by atoms with Crippen molar-refractivity contribution in [3.63, 3.8) is 0 Å². The van der Waals surface area contributed by atoms with Crippen molar-refractivity contribution in [3.05, 3.63) is 64.0 Å². The third-order valence-electron chi connectivity index (χ3n) is 5.60. The van der Waals surface area contributed by atoms with E-state index in [-0.39, 0.29) is 29.0 Å². The highest BCUT2D eigenvalue weighted by Crippen LogP contribution is 2.25. The Morgan fingerprint density at radius 1 is 1.18 bits per heavy atom. The fourth-order valence-electron chi connectivity index (χ4n) is 3.82. The first-order valence-electron chi connectivity index (χ1n) is 11.0. The van der Waals surface area contributed by atoms with Crippen LogP contribution in [0.5, 0.6) is 0 Å². The van der Waals surface area contributed by atoms with Crippen molar-refractivity contribution in [1.82, 2.24) is 15.0 Å². The third-order valence-corrected chi connectivity index (χ3v) is 6.16. The van der Waals surface area contributed by atoms with Crippen molar-refractivity contribution in [2.75, 3.05) is 25.0 Å². The maximum atomic E-state index is 12.8. The minimum absolute atomic E-state index is 0.0854. The number of likely N-dealkylation sites (tertiary alicyclic amines) is 1. The van der Waals surface area contributed by atoms with Gasteiger partial charge in [0.1, 0.15) is 0 Å². The highest BCUT2D eigenvalue weighted by atomic mass is 35.5. The molecule has 2 aromatic carbocycles. The van der Waals surface area contributed by atoms with E-state index in [0.29, 0.717) is 41.8 Å². The number of carbonyl (C=O) groups excluding carboxylic acids is 2. The molecule has 2 heterocycles. The van der Waals surface area contributed by atoms with Gasteiger partial charge in [-0.1, -0.05) is 40.5 Å². The van der Waals surface area contributed by atoms with Gasteiger partial charge in [0.2, 0.25) is 17.6 Å². The van der Waals surface area contributed by atoms with E-state index in [9.17, 15) is 9.59 Å². The van der Waals surface area contributed by atoms with Crippen LogP contribution in [-0.2, 0) is 16.1 Å². The summed E-state index contributed by atoms with van der Waals surface area (Å²) in [7, 11) is 0. The van der Waals surface area contributed by atoms with Gasteiger partial charge in [-0.3, -0.25) is 9.69 Å². The van der Waals surface area contributed by atoms with Crippen molar-refractivity contribution in [3.8, 4) is 11.4 Å². The minimum atomic E-state index is -0.517. The lowest BCUT2D eigenvalue weighted by Gasteiger charge is -2.30. The summed E-state index contributed by atoms with van der Waals surface area (Å²) in [5.41, 5.74) is 1.54. The quantitative estimate of drug-likeness (QED) is 0.450. The summed E-state index contributed by atoms with van der Waals surface area (Å²) in [6, 6.07) is 12.1. The first kappa shape index (κ1) is 24.2. The molecule has 1 saturated heterocycles. The van der Waals surface area contributed by atoms with Gasteiger partial charge in [-0.05, 0) is 63.2 Å². The predicted octanol–water partition coefficient (Wildman–Crippen LogP) is 5.07. The van der Waals surface area contributed by atoms with Crippen LogP contribution in [0.1, 0.15) is 36.0 Å². The van der Waals surface area contributed by atoms with Crippen molar-refractivity contribution in [2.45, 2.75) is 26.3 Å². The Balaban J connectivity index is 1.30. The summed E-state index contributed by atoms with van der Waals surface area (Å²) in [5, 5.41) is 7.83. The Kier molecular flexibility index (Phi) is 7.82. The standard InChI is InChI=1S/C24H24Cl2N4O4/c1-2-33-24(32)19-13-18(6-7-20(19)26)27-23(31)15-8-10-30(11-9-15)14-21-28-22(29-34-21)16-4-3-5-17(25)12-16/h3-7,12-13,15H,2,8-11,14H2,1H3,(H,27,31). The molecule has 0 unspecified atom stereocenters. The lowest BCUT2D eigenvalue weighted by atomic mass is 9.95. The predicted molar refractivity (Wildman–Crippen MR) is 129 cm³/mol. The number of aromatic nitrogens is 2. The molecule has 3 aromatic rings. The van der Waals surface area contributed by atoms with E-state index >= 15 is 0 Å². The van der Waals surface area contributed by atoms with Crippen LogP contribution >= 0.6 is 23.2 Å². The summed E-state index contributed by atoms with van der Waals surface area (Å²) in [5.74, 6) is 0.277. The van der Waals surface area contributed by atoms with E-state index in [2.05, 4.69) is 20.4 Å². The smallest absolute Gasteiger partial charge is 0.339 e. The number of nitrogens with zero attached hydrogens (tertiary/aromatic N) is 3. The summed E-state index contributed by atoms with van der Waals surface area (Å²) < 4.78 is 10.4. The van der Waals surface area contributed by atoms with Crippen LogP contribution in [0.2, 0.25) is 10.0 Å². The molecule has 10 heteroatoms.